The van der Waals surface area contributed by atoms with Crippen molar-refractivity contribution in [1.29, 1.82) is 0 Å². The van der Waals surface area contributed by atoms with Gasteiger partial charge in [-0.15, -0.1) is 0 Å². The van der Waals surface area contributed by atoms with Crippen LogP contribution in [0, 0.1) is 0 Å². The van der Waals surface area contributed by atoms with Crippen molar-refractivity contribution in [2.75, 3.05) is 49.6 Å². The first-order valence-corrected chi connectivity index (χ1v) is 24.7. The zero-order chi connectivity index (χ0) is 53.3. The van der Waals surface area contributed by atoms with E-state index >= 15 is 0 Å². The Morgan fingerprint density at radius 1 is 0.658 bits per heavy atom. The Bertz CT molecular complexity index is 2590. The lowest BCUT2D eigenvalue weighted by molar-refractivity contribution is -0.145. The minimum atomic E-state index is -0.923. The number of aromatic nitrogens is 4. The van der Waals surface area contributed by atoms with E-state index in [0.717, 1.165) is 35.5 Å². The fourth-order valence-electron chi connectivity index (χ4n) is 7.85. The summed E-state index contributed by atoms with van der Waals surface area (Å²) in [7, 11) is 0. The monoisotopic (exact) mass is 1070 g/mol. The predicted octanol–water partition coefficient (Wildman–Crippen LogP) is 8.34. The van der Waals surface area contributed by atoms with Crippen molar-refractivity contribution >= 4 is 69.8 Å². The molecule has 0 saturated carbocycles. The summed E-state index contributed by atoms with van der Waals surface area (Å²) in [5.41, 5.74) is 1.89. The smallest absolute Gasteiger partial charge is 0.407 e. The molecule has 0 spiro atoms. The van der Waals surface area contributed by atoms with Crippen LogP contribution in [0.5, 0.6) is 11.5 Å². The van der Waals surface area contributed by atoms with E-state index in [9.17, 15) is 19.2 Å². The van der Waals surface area contributed by atoms with Gasteiger partial charge in [-0.1, -0.05) is 0 Å². The van der Waals surface area contributed by atoms with E-state index in [1.54, 1.807) is 83.3 Å². The molecule has 4 aliphatic rings. The summed E-state index contributed by atoms with van der Waals surface area (Å²) in [5, 5.41) is 8.35. The van der Waals surface area contributed by atoms with Crippen molar-refractivity contribution < 1.29 is 57.1 Å². The van der Waals surface area contributed by atoms with E-state index in [-0.39, 0.29) is 48.3 Å². The number of hydrogen-bond acceptors (Lipinski definition) is 17. The fraction of sp³-hybridized carbons (Fsp3) is 0.520. The minimum Gasteiger partial charge on any atom is -0.493 e. The SMILES string of the molecule is CC(C)(C)OC(=O)NC[C@@H]1OC(C)(C)OC1CN(C(=O)c1ccc2c(c1)CCO2)c1ccnc(Cl)n1.CC(C)(C)OC(=O)NC[C@@H]1OC(C)(C)OC1CNc1ccnc(Cl)n1.O=C(Cl)c1ccc2c(c1)CCO2. The number of benzene rings is 2. The van der Waals surface area contributed by atoms with Gasteiger partial charge in [0.25, 0.3) is 11.1 Å². The van der Waals surface area contributed by atoms with Crippen LogP contribution in [0.25, 0.3) is 0 Å². The van der Waals surface area contributed by atoms with Crippen LogP contribution >= 0.6 is 34.8 Å². The third-order valence-corrected chi connectivity index (χ3v) is 11.3. The Morgan fingerprint density at radius 3 is 1.63 bits per heavy atom. The highest BCUT2D eigenvalue weighted by molar-refractivity contribution is 6.67. The fourth-order valence-corrected chi connectivity index (χ4v) is 8.26. The molecule has 2 saturated heterocycles. The predicted molar refractivity (Wildman–Crippen MR) is 272 cm³/mol. The van der Waals surface area contributed by atoms with E-state index in [1.807, 2.05) is 40.7 Å². The average molecular weight is 1070 g/mol. The van der Waals surface area contributed by atoms with Gasteiger partial charge in [0.05, 0.1) is 19.8 Å². The number of alkyl carbamates (subject to hydrolysis) is 2. The molecule has 2 aromatic heterocycles. The topological polar surface area (TPSA) is 233 Å². The van der Waals surface area contributed by atoms with Gasteiger partial charge in [-0.3, -0.25) is 14.5 Å². The van der Waals surface area contributed by atoms with Crippen molar-refractivity contribution in [2.45, 2.75) is 129 Å². The number of fused-ring (bicyclic) bond motifs is 2. The first-order valence-electron chi connectivity index (χ1n) is 23.6. The van der Waals surface area contributed by atoms with Crippen molar-refractivity contribution in [3.8, 4) is 11.5 Å². The second-order valence-electron chi connectivity index (χ2n) is 20.0. The standard InChI is InChI=1S/C25H31ClN4O6.C16H25ClN4O4.C9H7ClO2/c1-24(2,3)36-23(32)28-13-18-19(35-25(4,5)34-18)14-30(20-8-10-27-22(26)29-20)21(31)16-6-7-17-15(12-16)9-11-33-17;1-15(2,3)25-14(22)20-9-11-10(23-16(4,5)24-11)8-19-12-6-7-18-13(17)21-12;10-9(11)7-1-2-8-6(5-7)3-4-12-8/h6-8,10,12,18-19H,9,11,13-14H2,1-5H3,(H,28,32);6-7,10-11H,8-9H2,1-5H3,(H,20,22)(H,18,19,21);1-2,5H,3-4H2/t18-,19?;10?,11-;/m00./s1. The van der Waals surface area contributed by atoms with Crippen LogP contribution in [-0.2, 0) is 41.3 Å². The van der Waals surface area contributed by atoms with Gasteiger partial charge in [0.15, 0.2) is 11.6 Å². The lowest BCUT2D eigenvalue weighted by Gasteiger charge is -2.27. The number of amides is 3. The van der Waals surface area contributed by atoms with Crippen molar-refractivity contribution in [2.24, 2.45) is 0 Å². The van der Waals surface area contributed by atoms with E-state index < -0.39 is 52.4 Å². The van der Waals surface area contributed by atoms with Gasteiger partial charge < -0.3 is 53.8 Å². The molecule has 3 N–H and O–H groups in total. The maximum atomic E-state index is 13.7. The van der Waals surface area contributed by atoms with Crippen molar-refractivity contribution in [3.63, 3.8) is 0 Å². The Balaban J connectivity index is 0.000000202. The second kappa shape index (κ2) is 24.2. The Morgan fingerprint density at radius 2 is 1.12 bits per heavy atom. The summed E-state index contributed by atoms with van der Waals surface area (Å²) in [6.07, 6.45) is 1.87. The van der Waals surface area contributed by atoms with E-state index in [0.29, 0.717) is 42.5 Å². The number of nitrogens with zero attached hydrogens (tertiary/aromatic N) is 5. The molecule has 20 nitrogen and oxygen atoms in total. The Labute approximate surface area is 439 Å². The third kappa shape index (κ3) is 17.5. The highest BCUT2D eigenvalue weighted by Gasteiger charge is 2.44. The average Bonchev–Trinajstić information content (AvgIpc) is 4.09. The number of anilines is 2. The third-order valence-electron chi connectivity index (χ3n) is 10.7. The van der Waals surface area contributed by atoms with Crippen LogP contribution < -0.4 is 30.3 Å². The number of carbonyl (C=O) groups excluding carboxylic acids is 4. The highest BCUT2D eigenvalue weighted by Crippen LogP contribution is 2.33. The van der Waals surface area contributed by atoms with Crippen LogP contribution in [-0.4, -0.2) is 130 Å². The first-order chi connectivity index (χ1) is 34.2. The molecule has 2 fully saturated rings. The van der Waals surface area contributed by atoms with Crippen LogP contribution in [0.15, 0.2) is 60.9 Å². The lowest BCUT2D eigenvalue weighted by Crippen LogP contribution is -2.46. The summed E-state index contributed by atoms with van der Waals surface area (Å²) in [5.74, 6) is 0.620. The van der Waals surface area contributed by atoms with E-state index in [2.05, 4.69) is 35.9 Å². The molecule has 4 atom stereocenters. The molecule has 6 heterocycles. The molecule has 8 rings (SSSR count). The highest BCUT2D eigenvalue weighted by atomic mass is 35.5. The normalized spacial score (nSPS) is 20.0. The van der Waals surface area contributed by atoms with Gasteiger partial charge in [-0.2, -0.15) is 0 Å². The molecule has 0 bridgehead atoms. The summed E-state index contributed by atoms with van der Waals surface area (Å²) in [6.45, 7) is 20.2. The molecule has 2 unspecified atom stereocenters. The summed E-state index contributed by atoms with van der Waals surface area (Å²) >= 11 is 17.1. The van der Waals surface area contributed by atoms with Gasteiger partial charge in [0.2, 0.25) is 10.6 Å². The Hall–Kier alpha value is -5.61. The van der Waals surface area contributed by atoms with Crippen molar-refractivity contribution in [3.05, 3.63) is 93.7 Å². The zero-order valence-corrected chi connectivity index (χ0v) is 44.8. The quantitative estimate of drug-likeness (QED) is 0.0893. The molecule has 0 radical (unpaired) electrons. The zero-order valence-electron chi connectivity index (χ0n) is 42.5. The Kier molecular flexibility index (Phi) is 18.8. The molecular formula is C50H63Cl3N8O12. The van der Waals surface area contributed by atoms with Crippen LogP contribution in [0.4, 0.5) is 21.2 Å². The molecule has 2 aromatic carbocycles. The number of halogens is 3. The van der Waals surface area contributed by atoms with E-state index in [1.165, 1.54) is 11.1 Å². The van der Waals surface area contributed by atoms with Crippen LogP contribution in [0.3, 0.4) is 0 Å². The number of nitrogens with one attached hydrogen (secondary N) is 3. The van der Waals surface area contributed by atoms with Gasteiger partial charge >= 0.3 is 12.2 Å². The molecule has 0 aliphatic carbocycles. The molecule has 23 heteroatoms. The van der Waals surface area contributed by atoms with Gasteiger partial charge in [0.1, 0.15) is 58.8 Å². The minimum absolute atomic E-state index is 0.0136. The van der Waals surface area contributed by atoms with Gasteiger partial charge in [-0.25, -0.2) is 29.5 Å². The van der Waals surface area contributed by atoms with E-state index in [4.69, 9.17) is 72.7 Å². The van der Waals surface area contributed by atoms with Crippen LogP contribution in [0.1, 0.15) is 101 Å². The van der Waals surface area contributed by atoms with Gasteiger partial charge in [-0.05, 0) is 164 Å². The molecule has 396 valence electrons. The maximum Gasteiger partial charge on any atom is 0.407 e. The molecular weight excluding hydrogens is 1010 g/mol. The largest absolute Gasteiger partial charge is 0.493 e. The van der Waals surface area contributed by atoms with Crippen LogP contribution in [0.2, 0.25) is 10.6 Å². The maximum absolute atomic E-state index is 13.7. The van der Waals surface area contributed by atoms with Gasteiger partial charge in [0, 0.05) is 56.0 Å². The number of rotatable bonds is 12. The molecule has 3 amide bonds. The lowest BCUT2D eigenvalue weighted by atomic mass is 10.1. The number of carbonyl (C=O) groups is 4. The molecule has 4 aliphatic heterocycles. The number of ether oxygens (including phenoxy) is 8. The molecule has 4 aromatic rings. The summed E-state index contributed by atoms with van der Waals surface area (Å²) < 4.78 is 45.3. The summed E-state index contributed by atoms with van der Waals surface area (Å²) in [6, 6.07) is 13.9. The second-order valence-corrected chi connectivity index (χ2v) is 21.0. The molecule has 73 heavy (non-hydrogen) atoms. The van der Waals surface area contributed by atoms with Crippen molar-refractivity contribution in [1.82, 2.24) is 30.6 Å². The summed E-state index contributed by atoms with van der Waals surface area (Å²) in [4.78, 5) is 66.1. The first kappa shape index (κ1) is 56.7. The number of hydrogen-bond donors (Lipinski definition) is 3.